The summed E-state index contributed by atoms with van der Waals surface area (Å²) in [5.41, 5.74) is -1.33. The topological polar surface area (TPSA) is 105 Å². The summed E-state index contributed by atoms with van der Waals surface area (Å²) in [6.07, 6.45) is 0. The second-order valence-corrected chi connectivity index (χ2v) is 15.0. The molecule has 0 aliphatic carbocycles. The summed E-state index contributed by atoms with van der Waals surface area (Å²) in [4.78, 5) is 37.3. The number of aryl methyl sites for hydroxylation is 1. The molecule has 0 spiro atoms. The Morgan fingerprint density at radius 2 is 1.27 bits per heavy atom. The first kappa shape index (κ1) is 27.3. The molecule has 1 amide bonds. The molecule has 4 aliphatic rings. The molecular formula is C25H34N6O2S4. The molecule has 4 atom stereocenters. The fourth-order valence-electron chi connectivity index (χ4n) is 4.53. The Bertz CT molecular complexity index is 1270. The third-order valence-electron chi connectivity index (χ3n) is 6.95. The minimum absolute atomic E-state index is 0.241. The lowest BCUT2D eigenvalue weighted by Gasteiger charge is -2.21. The zero-order chi connectivity index (χ0) is 26.8. The van der Waals surface area contributed by atoms with Crippen LogP contribution in [0.2, 0.25) is 0 Å². The number of aliphatic imine (C=N–C) groups is 4. The van der Waals surface area contributed by atoms with E-state index in [1.165, 1.54) is 5.04 Å². The highest BCUT2D eigenvalue weighted by molar-refractivity contribution is 8.17. The smallest absolute Gasteiger partial charge is 0.273 e. The summed E-state index contributed by atoms with van der Waals surface area (Å²) >= 11 is 7.19. The van der Waals surface area contributed by atoms with Gasteiger partial charge in [0.2, 0.25) is 5.89 Å². The molecule has 0 unspecified atom stereocenters. The van der Waals surface area contributed by atoms with Gasteiger partial charge in [-0.1, -0.05) is 13.8 Å². The number of aromatic nitrogens is 1. The molecule has 0 bridgehead atoms. The van der Waals surface area contributed by atoms with E-state index >= 15 is 0 Å². The summed E-state index contributed by atoms with van der Waals surface area (Å²) in [6, 6.07) is 0. The maximum absolute atomic E-state index is 12.1. The molecule has 5 heterocycles. The molecule has 12 heteroatoms. The average molecular weight is 579 g/mol. The van der Waals surface area contributed by atoms with Gasteiger partial charge in [-0.3, -0.25) is 24.8 Å². The number of nitrogens with one attached hydrogen (secondary N) is 1. The van der Waals surface area contributed by atoms with E-state index in [0.717, 1.165) is 32.4 Å². The molecule has 5 rings (SSSR count). The van der Waals surface area contributed by atoms with Crippen LogP contribution < -0.4 is 5.32 Å². The SMILES string of the molecule is CNC(=O)c1nc([C@]2(C)CSC([C@]3(C)CSC([C@]4(C)CSC([C@]5(C)CSC(C(C)C)=N5)=N4)=N3)=N2)oc1C. The molecule has 1 aromatic heterocycles. The van der Waals surface area contributed by atoms with Crippen LogP contribution in [0.1, 0.15) is 63.7 Å². The molecule has 0 saturated heterocycles. The molecule has 37 heavy (non-hydrogen) atoms. The van der Waals surface area contributed by atoms with Gasteiger partial charge in [0.15, 0.2) is 5.69 Å². The maximum atomic E-state index is 12.1. The van der Waals surface area contributed by atoms with E-state index in [2.05, 4.69) is 44.9 Å². The average Bonchev–Trinajstić information content (AvgIpc) is 3.65. The lowest BCUT2D eigenvalue weighted by atomic mass is 10.0. The zero-order valence-electron chi connectivity index (χ0n) is 22.6. The summed E-state index contributed by atoms with van der Waals surface area (Å²) in [5, 5.41) is 7.03. The number of rotatable bonds is 6. The number of hydrogen-bond donors (Lipinski definition) is 1. The zero-order valence-corrected chi connectivity index (χ0v) is 25.9. The summed E-state index contributed by atoms with van der Waals surface area (Å²) in [6.45, 7) is 14.8. The van der Waals surface area contributed by atoms with Gasteiger partial charge >= 0.3 is 0 Å². The first-order valence-electron chi connectivity index (χ1n) is 12.4. The minimum atomic E-state index is -0.637. The monoisotopic (exact) mass is 578 g/mol. The summed E-state index contributed by atoms with van der Waals surface area (Å²) in [5.74, 6) is 4.53. The van der Waals surface area contributed by atoms with E-state index in [0.29, 0.717) is 29.0 Å². The lowest BCUT2D eigenvalue weighted by molar-refractivity contribution is 0.0957. The standard InChI is InChI=1S/C25H34N6O2S4/c1-13(2)17-28-23(5,10-34-17)19-30-25(7,12-36-19)21-31-24(6,11-37-21)20-29-22(4,9-35-20)18-27-15(14(3)33-18)16(32)26-8/h13H,9-12H2,1-8H3,(H,26,32)/t22-,23-,24-,25-/m0/s1. The molecule has 1 aromatic rings. The maximum Gasteiger partial charge on any atom is 0.273 e. The van der Waals surface area contributed by atoms with Crippen LogP contribution in [0.5, 0.6) is 0 Å². The van der Waals surface area contributed by atoms with Gasteiger partial charge in [0.25, 0.3) is 5.91 Å². The highest BCUT2D eigenvalue weighted by Crippen LogP contribution is 2.47. The molecule has 0 saturated carbocycles. The molecule has 200 valence electrons. The van der Waals surface area contributed by atoms with Crippen LogP contribution in [0, 0.1) is 12.8 Å². The van der Waals surface area contributed by atoms with Gasteiger partial charge in [0.1, 0.15) is 27.9 Å². The van der Waals surface area contributed by atoms with Crippen LogP contribution in [0.15, 0.2) is 24.4 Å². The van der Waals surface area contributed by atoms with Crippen LogP contribution >= 0.6 is 47.0 Å². The fourth-order valence-corrected chi connectivity index (χ4v) is 9.96. The van der Waals surface area contributed by atoms with Gasteiger partial charge in [-0.15, -0.1) is 47.0 Å². The van der Waals surface area contributed by atoms with Crippen LogP contribution in [-0.4, -0.2) is 77.7 Å². The van der Waals surface area contributed by atoms with E-state index in [1.807, 2.05) is 30.4 Å². The largest absolute Gasteiger partial charge is 0.442 e. The molecule has 0 aromatic carbocycles. The Kier molecular flexibility index (Phi) is 6.98. The molecule has 8 nitrogen and oxygen atoms in total. The van der Waals surface area contributed by atoms with Crippen molar-refractivity contribution in [1.29, 1.82) is 0 Å². The van der Waals surface area contributed by atoms with Crippen LogP contribution in [0.3, 0.4) is 0 Å². The van der Waals surface area contributed by atoms with E-state index in [9.17, 15) is 4.79 Å². The second kappa shape index (κ2) is 9.45. The number of nitrogens with zero attached hydrogens (tertiary/aromatic N) is 5. The number of hydrogen-bond acceptors (Lipinski definition) is 11. The van der Waals surface area contributed by atoms with Crippen molar-refractivity contribution in [3.63, 3.8) is 0 Å². The van der Waals surface area contributed by atoms with E-state index in [1.54, 1.807) is 37.5 Å². The van der Waals surface area contributed by atoms with Gasteiger partial charge in [0, 0.05) is 36.0 Å². The van der Waals surface area contributed by atoms with Crippen LogP contribution in [0.25, 0.3) is 0 Å². The quantitative estimate of drug-likeness (QED) is 0.502. The van der Waals surface area contributed by atoms with Crippen molar-refractivity contribution in [3.8, 4) is 0 Å². The number of amides is 1. The molecule has 4 aliphatic heterocycles. The lowest BCUT2D eigenvalue weighted by Crippen LogP contribution is -2.34. The normalized spacial score (nSPS) is 35.6. The first-order valence-corrected chi connectivity index (χ1v) is 16.4. The van der Waals surface area contributed by atoms with Crippen LogP contribution in [0.4, 0.5) is 0 Å². The Hall–Kier alpha value is -1.24. The number of oxazole rings is 1. The van der Waals surface area contributed by atoms with Crippen molar-refractivity contribution in [1.82, 2.24) is 10.3 Å². The van der Waals surface area contributed by atoms with Crippen molar-refractivity contribution in [2.75, 3.05) is 30.1 Å². The first-order chi connectivity index (χ1) is 17.3. The Balaban J connectivity index is 1.39. The Labute approximate surface area is 235 Å². The number of thioether (sulfide) groups is 4. The number of carbonyl (C=O) groups is 1. The highest BCUT2D eigenvalue weighted by atomic mass is 32.2. The predicted molar refractivity (Wildman–Crippen MR) is 162 cm³/mol. The third-order valence-corrected chi connectivity index (χ3v) is 13.0. The second-order valence-electron chi connectivity index (χ2n) is 11.1. The fraction of sp³-hybridized carbons (Fsp3) is 0.680. The van der Waals surface area contributed by atoms with E-state index < -0.39 is 11.1 Å². The van der Waals surface area contributed by atoms with Crippen molar-refractivity contribution >= 4 is 73.1 Å². The summed E-state index contributed by atoms with van der Waals surface area (Å²) < 4.78 is 5.91. The highest BCUT2D eigenvalue weighted by Gasteiger charge is 2.50. The third kappa shape index (κ3) is 4.74. The van der Waals surface area contributed by atoms with E-state index in [4.69, 9.17) is 24.4 Å². The van der Waals surface area contributed by atoms with Gasteiger partial charge in [-0.25, -0.2) is 4.98 Å². The minimum Gasteiger partial charge on any atom is -0.442 e. The molecule has 1 N–H and O–H groups in total. The molecular weight excluding hydrogens is 545 g/mol. The van der Waals surface area contributed by atoms with Crippen molar-refractivity contribution in [2.45, 2.75) is 70.6 Å². The van der Waals surface area contributed by atoms with E-state index in [-0.39, 0.29) is 17.0 Å². The van der Waals surface area contributed by atoms with Crippen molar-refractivity contribution in [2.24, 2.45) is 25.9 Å². The predicted octanol–water partition coefficient (Wildman–Crippen LogP) is 5.07. The Morgan fingerprint density at radius 3 is 1.76 bits per heavy atom. The Morgan fingerprint density at radius 1 is 0.811 bits per heavy atom. The van der Waals surface area contributed by atoms with Crippen molar-refractivity contribution < 1.29 is 9.21 Å². The van der Waals surface area contributed by atoms with Gasteiger partial charge in [-0.2, -0.15) is 0 Å². The van der Waals surface area contributed by atoms with Gasteiger partial charge < -0.3 is 9.73 Å². The van der Waals surface area contributed by atoms with Gasteiger partial charge in [-0.05, 0) is 34.6 Å². The number of carbonyl (C=O) groups excluding carboxylic acids is 1. The van der Waals surface area contributed by atoms with Crippen molar-refractivity contribution in [3.05, 3.63) is 17.3 Å². The molecule has 0 radical (unpaired) electrons. The van der Waals surface area contributed by atoms with Crippen LogP contribution in [-0.2, 0) is 5.54 Å². The molecule has 0 fully saturated rings. The van der Waals surface area contributed by atoms with Gasteiger partial charge in [0.05, 0.1) is 20.2 Å². The summed E-state index contributed by atoms with van der Waals surface area (Å²) in [7, 11) is 1.59.